The number of carbonyl (C=O) groups is 1. The van der Waals surface area contributed by atoms with E-state index in [9.17, 15) is 9.35 Å². The molecule has 2 aromatic rings. The first-order chi connectivity index (χ1) is 9.63. The molecule has 4 heteroatoms. The number of amides is 1. The fourth-order valence-electron chi connectivity index (χ4n) is 2.38. The van der Waals surface area contributed by atoms with Crippen molar-refractivity contribution in [2.75, 3.05) is 4.90 Å². The molecule has 0 saturated carbocycles. The van der Waals surface area contributed by atoms with E-state index in [1.54, 1.807) is 17.0 Å². The fraction of sp³-hybridized carbons (Fsp3) is 0.0625. The Kier molecular flexibility index (Phi) is 3.12. The van der Waals surface area contributed by atoms with Crippen molar-refractivity contribution in [2.24, 2.45) is 0 Å². The highest BCUT2D eigenvalue weighted by atomic mass is 32.2. The molecule has 3 rings (SSSR count). The van der Waals surface area contributed by atoms with E-state index < -0.39 is 11.2 Å². The standard InChI is InChI=1S/C16H13NO2S/c1-3-12-8-9-14-16(10-12)20(19)15-7-5-4-6-13(15)17(14)11(2)18/h3-10H,1H2,2H3. The number of rotatable bonds is 1. The predicted octanol–water partition coefficient (Wildman–Crippen LogP) is 3.49. The average molecular weight is 283 g/mol. The third-order valence-corrected chi connectivity index (χ3v) is 4.75. The van der Waals surface area contributed by atoms with Crippen molar-refractivity contribution in [1.82, 2.24) is 0 Å². The van der Waals surface area contributed by atoms with Gasteiger partial charge in [0.2, 0.25) is 5.91 Å². The molecule has 1 heterocycles. The van der Waals surface area contributed by atoms with Crippen LogP contribution in [-0.4, -0.2) is 10.5 Å². The summed E-state index contributed by atoms with van der Waals surface area (Å²) in [7, 11) is 0. The van der Waals surface area contributed by atoms with Crippen LogP contribution >= 0.6 is 0 Å². The van der Waals surface area contributed by atoms with Crippen LogP contribution in [0.25, 0.3) is 6.08 Å². The van der Waals surface area contributed by atoms with Gasteiger partial charge in [0.15, 0.2) is 9.79 Å². The lowest BCUT2D eigenvalue weighted by atomic mass is 10.1. The molecule has 0 saturated heterocycles. The molecule has 1 aliphatic heterocycles. The first-order valence-electron chi connectivity index (χ1n) is 6.21. The van der Waals surface area contributed by atoms with Gasteiger partial charge in [0.05, 0.1) is 0 Å². The molecule has 1 aliphatic rings. The van der Waals surface area contributed by atoms with E-state index in [2.05, 4.69) is 6.58 Å². The molecule has 0 radical (unpaired) electrons. The smallest absolute Gasteiger partial charge is 0.228 e. The van der Waals surface area contributed by atoms with Crippen LogP contribution < -0.4 is 4.90 Å². The van der Waals surface area contributed by atoms with Crippen molar-refractivity contribution in [3.05, 3.63) is 54.6 Å². The molecule has 100 valence electrons. The molecule has 20 heavy (non-hydrogen) atoms. The second-order valence-corrected chi connectivity index (χ2v) is 5.94. The maximum Gasteiger partial charge on any atom is 0.228 e. The number of hydrogen-bond donors (Lipinski definition) is 0. The Bertz CT molecular complexity index is 711. The van der Waals surface area contributed by atoms with Crippen LogP contribution in [0.5, 0.6) is 0 Å². The molecule has 0 spiro atoms. The Hall–Kier alpha value is -2.04. The number of fused-ring (bicyclic) bond motifs is 2. The van der Waals surface area contributed by atoms with Crippen LogP contribution in [-0.2, 0) is 16.0 Å². The van der Waals surface area contributed by atoms with Crippen LogP contribution in [0.4, 0.5) is 11.4 Å². The third-order valence-electron chi connectivity index (χ3n) is 3.28. The highest BCUT2D eigenvalue weighted by Gasteiger charge is 2.35. The first kappa shape index (κ1) is 13.0. The minimum absolute atomic E-state index is 0.0956. The maximum absolute atomic E-state index is 12.7. The summed E-state index contributed by atoms with van der Waals surface area (Å²) in [5, 5.41) is 0. The van der Waals surface area contributed by atoms with Gasteiger partial charge in [-0.3, -0.25) is 9.69 Å². The van der Waals surface area contributed by atoms with Crippen LogP contribution in [0.2, 0.25) is 0 Å². The summed E-state index contributed by atoms with van der Waals surface area (Å²) < 4.78 is 12.7. The van der Waals surface area contributed by atoms with Gasteiger partial charge in [-0.05, 0) is 23.8 Å². The quantitative estimate of drug-likeness (QED) is 0.752. The minimum Gasteiger partial charge on any atom is -0.606 e. The van der Waals surface area contributed by atoms with Crippen molar-refractivity contribution in [3.8, 4) is 0 Å². The second-order valence-electron chi connectivity index (χ2n) is 4.52. The normalized spacial score (nSPS) is 16.3. The first-order valence-corrected chi connectivity index (χ1v) is 7.36. The van der Waals surface area contributed by atoms with Crippen molar-refractivity contribution in [3.63, 3.8) is 0 Å². The van der Waals surface area contributed by atoms with E-state index in [-0.39, 0.29) is 5.91 Å². The van der Waals surface area contributed by atoms with Crippen LogP contribution in [0.1, 0.15) is 12.5 Å². The molecular weight excluding hydrogens is 270 g/mol. The van der Waals surface area contributed by atoms with Gasteiger partial charge in [0.25, 0.3) is 0 Å². The number of anilines is 2. The Labute approximate surface area is 120 Å². The van der Waals surface area contributed by atoms with E-state index in [1.165, 1.54) is 6.92 Å². The second kappa shape index (κ2) is 4.81. The molecule has 1 amide bonds. The van der Waals surface area contributed by atoms with E-state index in [0.29, 0.717) is 21.2 Å². The summed E-state index contributed by atoms with van der Waals surface area (Å²) >= 11 is -1.28. The van der Waals surface area contributed by atoms with E-state index in [1.807, 2.05) is 36.4 Å². The summed E-state index contributed by atoms with van der Waals surface area (Å²) in [6.07, 6.45) is 1.70. The van der Waals surface area contributed by atoms with Gasteiger partial charge < -0.3 is 4.55 Å². The van der Waals surface area contributed by atoms with Gasteiger partial charge in [0.1, 0.15) is 11.4 Å². The SMILES string of the molecule is C=Cc1ccc2c(c1)[S+]([O-])c1ccccc1N2C(C)=O. The lowest BCUT2D eigenvalue weighted by Crippen LogP contribution is -2.29. The number of hydrogen-bond acceptors (Lipinski definition) is 2. The van der Waals surface area contributed by atoms with Crippen LogP contribution in [0, 0.1) is 0 Å². The van der Waals surface area contributed by atoms with Gasteiger partial charge >= 0.3 is 0 Å². The highest BCUT2D eigenvalue weighted by molar-refractivity contribution is 7.92. The molecule has 1 unspecified atom stereocenters. The molecule has 1 atom stereocenters. The van der Waals surface area contributed by atoms with Gasteiger partial charge in [-0.1, -0.05) is 30.9 Å². The highest BCUT2D eigenvalue weighted by Crippen LogP contribution is 2.44. The Morgan fingerprint density at radius 1 is 1.20 bits per heavy atom. The molecule has 0 N–H and O–H groups in total. The largest absolute Gasteiger partial charge is 0.606 e. The molecule has 3 nitrogen and oxygen atoms in total. The molecule has 0 aliphatic carbocycles. The van der Waals surface area contributed by atoms with Gasteiger partial charge in [-0.2, -0.15) is 0 Å². The summed E-state index contributed by atoms with van der Waals surface area (Å²) in [6, 6.07) is 12.8. The molecule has 2 aromatic carbocycles. The van der Waals surface area contributed by atoms with E-state index in [4.69, 9.17) is 0 Å². The number of carbonyl (C=O) groups excluding carboxylic acids is 1. The average Bonchev–Trinajstić information content (AvgIpc) is 2.47. The van der Waals surface area contributed by atoms with Crippen molar-refractivity contribution >= 4 is 34.5 Å². The molecule has 0 fully saturated rings. The Morgan fingerprint density at radius 3 is 2.60 bits per heavy atom. The lowest BCUT2D eigenvalue weighted by molar-refractivity contribution is -0.115. The maximum atomic E-state index is 12.7. The lowest BCUT2D eigenvalue weighted by Gasteiger charge is -2.30. The zero-order chi connectivity index (χ0) is 14.3. The number of nitrogens with zero attached hydrogens (tertiary/aromatic N) is 1. The molecule has 0 aromatic heterocycles. The summed E-state index contributed by atoms with van der Waals surface area (Å²) in [5.74, 6) is -0.0956. The van der Waals surface area contributed by atoms with E-state index >= 15 is 0 Å². The number of para-hydroxylation sites is 1. The zero-order valence-corrected chi connectivity index (χ0v) is 11.8. The van der Waals surface area contributed by atoms with Gasteiger partial charge in [-0.25, -0.2) is 0 Å². The summed E-state index contributed by atoms with van der Waals surface area (Å²) in [4.78, 5) is 14.9. The summed E-state index contributed by atoms with van der Waals surface area (Å²) in [5.41, 5.74) is 2.26. The molecular formula is C16H13NO2S. The fourth-order valence-corrected chi connectivity index (χ4v) is 3.76. The zero-order valence-electron chi connectivity index (χ0n) is 11.0. The van der Waals surface area contributed by atoms with Crippen molar-refractivity contribution < 1.29 is 9.35 Å². The third kappa shape index (κ3) is 1.85. The van der Waals surface area contributed by atoms with Crippen molar-refractivity contribution in [2.45, 2.75) is 16.7 Å². The van der Waals surface area contributed by atoms with E-state index in [0.717, 1.165) is 5.56 Å². The van der Waals surface area contributed by atoms with Crippen molar-refractivity contribution in [1.29, 1.82) is 0 Å². The number of benzene rings is 2. The topological polar surface area (TPSA) is 43.4 Å². The minimum atomic E-state index is -1.28. The van der Waals surface area contributed by atoms with Gasteiger partial charge in [-0.15, -0.1) is 0 Å². The van der Waals surface area contributed by atoms with Crippen LogP contribution in [0.15, 0.2) is 58.8 Å². The molecule has 0 bridgehead atoms. The Balaban J connectivity index is 2.28. The summed E-state index contributed by atoms with van der Waals surface area (Å²) in [6.45, 7) is 5.23. The van der Waals surface area contributed by atoms with Gasteiger partial charge in [0, 0.05) is 24.2 Å². The monoisotopic (exact) mass is 283 g/mol. The Morgan fingerprint density at radius 2 is 1.90 bits per heavy atom. The predicted molar refractivity (Wildman–Crippen MR) is 80.5 cm³/mol. The van der Waals surface area contributed by atoms with Crippen LogP contribution in [0.3, 0.4) is 0 Å².